The molecule has 11 atom stereocenters. The second-order valence-electron chi connectivity index (χ2n) is 15.5. The van der Waals surface area contributed by atoms with Crippen LogP contribution in [0.15, 0.2) is 36.5 Å². The number of unbranched alkanes of at least 4 members (excludes halogenated alkanes) is 13. The molecule has 11 unspecified atom stereocenters. The van der Waals surface area contributed by atoms with E-state index in [2.05, 4.69) is 50.3 Å². The molecule has 2 heterocycles. The number of aliphatic hydroxyl groups excluding tert-OH is 7. The number of carbonyl (C=O) groups is 1. The van der Waals surface area contributed by atoms with Gasteiger partial charge in [0, 0.05) is 13.0 Å². The van der Waals surface area contributed by atoms with Gasteiger partial charge in [-0.15, -0.1) is 0 Å². The van der Waals surface area contributed by atoms with Crippen molar-refractivity contribution in [2.24, 2.45) is 0 Å². The molecule has 14 heteroatoms. The molecule has 2 fully saturated rings. The first-order chi connectivity index (χ1) is 28.1. The van der Waals surface area contributed by atoms with E-state index in [9.17, 15) is 40.5 Å². The van der Waals surface area contributed by atoms with E-state index in [0.29, 0.717) is 13.0 Å². The zero-order valence-electron chi connectivity index (χ0n) is 35.3. The molecule has 0 bridgehead atoms. The highest BCUT2D eigenvalue weighted by molar-refractivity contribution is 5.69. The fourth-order valence-electron chi connectivity index (χ4n) is 6.77. The number of esters is 1. The third-order valence-electron chi connectivity index (χ3n) is 10.4. The molecule has 0 aliphatic carbocycles. The highest BCUT2D eigenvalue weighted by atomic mass is 16.7. The van der Waals surface area contributed by atoms with Crippen LogP contribution in [0.3, 0.4) is 0 Å². The maximum absolute atomic E-state index is 12.8. The van der Waals surface area contributed by atoms with Crippen molar-refractivity contribution < 1.29 is 69.0 Å². The molecule has 2 saturated heterocycles. The van der Waals surface area contributed by atoms with Crippen LogP contribution in [0.25, 0.3) is 0 Å². The molecule has 2 aliphatic heterocycles. The third-order valence-corrected chi connectivity index (χ3v) is 10.4. The fourth-order valence-corrected chi connectivity index (χ4v) is 6.77. The minimum absolute atomic E-state index is 0.0533. The van der Waals surface area contributed by atoms with E-state index in [1.165, 1.54) is 38.5 Å². The summed E-state index contributed by atoms with van der Waals surface area (Å²) in [7, 11) is 0. The van der Waals surface area contributed by atoms with Gasteiger partial charge >= 0.3 is 5.97 Å². The van der Waals surface area contributed by atoms with E-state index >= 15 is 0 Å². The molecule has 2 rings (SSSR count). The van der Waals surface area contributed by atoms with Crippen LogP contribution in [-0.2, 0) is 33.2 Å². The molecule has 0 radical (unpaired) electrons. The minimum atomic E-state index is -1.71. The Morgan fingerprint density at radius 1 is 0.586 bits per heavy atom. The van der Waals surface area contributed by atoms with Gasteiger partial charge in [-0.3, -0.25) is 4.79 Å². The van der Waals surface area contributed by atoms with E-state index in [1.807, 2.05) is 0 Å². The third kappa shape index (κ3) is 21.6. The minimum Gasteiger partial charge on any atom is -0.457 e. The lowest BCUT2D eigenvalue weighted by Gasteiger charge is -2.42. The summed E-state index contributed by atoms with van der Waals surface area (Å²) >= 11 is 0. The lowest BCUT2D eigenvalue weighted by molar-refractivity contribution is -0.332. The van der Waals surface area contributed by atoms with E-state index in [4.69, 9.17) is 28.4 Å². The first-order valence-electron chi connectivity index (χ1n) is 22.1. The van der Waals surface area contributed by atoms with Crippen molar-refractivity contribution in [2.75, 3.05) is 33.0 Å². The van der Waals surface area contributed by atoms with Crippen molar-refractivity contribution in [3.05, 3.63) is 36.5 Å². The standard InChI is InChI=1S/C44H78O14/c1-3-5-7-9-11-13-14-15-16-17-18-19-20-22-24-26-28-53-30-33(56-36(46)27-25-23-21-12-10-8-6-4-2)31-54-43-42(52)40(50)38(48)35(58-43)32-55-44-41(51)39(49)37(47)34(29-45)57-44/h5,7,11,13,15-16,33-35,37-45,47-52H,3-4,6,8-10,12,14,17-32H2,1-2H3/b7-5-,13-11-,16-15-. The first kappa shape index (κ1) is 52.3. The van der Waals surface area contributed by atoms with Crippen molar-refractivity contribution in [2.45, 2.75) is 203 Å². The highest BCUT2D eigenvalue weighted by Crippen LogP contribution is 2.26. The molecule has 0 spiro atoms. The van der Waals surface area contributed by atoms with Crippen LogP contribution < -0.4 is 0 Å². The quantitative estimate of drug-likeness (QED) is 0.0272. The molecule has 0 aromatic heterocycles. The summed E-state index contributed by atoms with van der Waals surface area (Å²) < 4.78 is 34.0. The predicted molar refractivity (Wildman–Crippen MR) is 220 cm³/mol. The fraction of sp³-hybridized carbons (Fsp3) is 0.841. The topological polar surface area (TPSA) is 214 Å². The summed E-state index contributed by atoms with van der Waals surface area (Å²) in [6.45, 7) is 3.48. The van der Waals surface area contributed by atoms with Crippen molar-refractivity contribution in [3.8, 4) is 0 Å². The summed E-state index contributed by atoms with van der Waals surface area (Å²) in [5, 5.41) is 71.7. The van der Waals surface area contributed by atoms with E-state index in [-0.39, 0.29) is 25.6 Å². The molecule has 0 aromatic rings. The normalized spacial score (nSPS) is 28.6. The molecular weight excluding hydrogens is 752 g/mol. The Morgan fingerprint density at radius 3 is 1.76 bits per heavy atom. The van der Waals surface area contributed by atoms with Gasteiger partial charge in [-0.1, -0.05) is 121 Å². The van der Waals surface area contributed by atoms with E-state index in [0.717, 1.165) is 70.6 Å². The molecule has 0 amide bonds. The summed E-state index contributed by atoms with van der Waals surface area (Å²) in [6, 6.07) is 0. The Kier molecular flexibility index (Phi) is 29.7. The number of aliphatic hydroxyl groups is 7. The zero-order valence-corrected chi connectivity index (χ0v) is 35.3. The van der Waals surface area contributed by atoms with Gasteiger partial charge in [0.05, 0.1) is 26.4 Å². The molecule has 338 valence electrons. The Labute approximate surface area is 347 Å². The highest BCUT2D eigenvalue weighted by Gasteiger charge is 2.47. The number of hydrogen-bond acceptors (Lipinski definition) is 14. The lowest BCUT2D eigenvalue weighted by Crippen LogP contribution is -2.61. The summed E-state index contributed by atoms with van der Waals surface area (Å²) in [5.41, 5.74) is 0. The Hall–Kier alpha value is -1.79. The maximum Gasteiger partial charge on any atom is 0.306 e. The molecule has 2 aliphatic rings. The van der Waals surface area contributed by atoms with Crippen LogP contribution in [0, 0.1) is 0 Å². The summed E-state index contributed by atoms with van der Waals surface area (Å²) in [4.78, 5) is 12.8. The number of allylic oxidation sites excluding steroid dienone is 6. The summed E-state index contributed by atoms with van der Waals surface area (Å²) in [6.07, 6.45) is 16.6. The number of hydrogen-bond donors (Lipinski definition) is 7. The van der Waals surface area contributed by atoms with Gasteiger partial charge in [0.1, 0.15) is 54.9 Å². The van der Waals surface area contributed by atoms with Gasteiger partial charge in [0.15, 0.2) is 12.6 Å². The Morgan fingerprint density at radius 2 is 1.12 bits per heavy atom. The average molecular weight is 831 g/mol. The second kappa shape index (κ2) is 32.9. The van der Waals surface area contributed by atoms with Gasteiger partial charge in [-0.25, -0.2) is 0 Å². The number of ether oxygens (including phenoxy) is 6. The van der Waals surface area contributed by atoms with Crippen molar-refractivity contribution in [1.82, 2.24) is 0 Å². The molecule has 14 nitrogen and oxygen atoms in total. The Balaban J connectivity index is 1.80. The van der Waals surface area contributed by atoms with Crippen LogP contribution in [-0.4, -0.2) is 142 Å². The van der Waals surface area contributed by atoms with Crippen molar-refractivity contribution in [3.63, 3.8) is 0 Å². The predicted octanol–water partition coefficient (Wildman–Crippen LogP) is 4.68. The van der Waals surface area contributed by atoms with Gasteiger partial charge in [-0.2, -0.15) is 0 Å². The summed E-state index contributed by atoms with van der Waals surface area (Å²) in [5.74, 6) is -0.388. The molecule has 0 aromatic carbocycles. The van der Waals surface area contributed by atoms with Crippen LogP contribution in [0.1, 0.15) is 136 Å². The molecule has 0 saturated carbocycles. The van der Waals surface area contributed by atoms with E-state index in [1.54, 1.807) is 0 Å². The maximum atomic E-state index is 12.8. The van der Waals surface area contributed by atoms with Gasteiger partial charge < -0.3 is 64.2 Å². The molecule has 7 N–H and O–H groups in total. The smallest absolute Gasteiger partial charge is 0.306 e. The zero-order chi connectivity index (χ0) is 42.4. The van der Waals surface area contributed by atoms with Gasteiger partial charge in [0.2, 0.25) is 0 Å². The largest absolute Gasteiger partial charge is 0.457 e. The Bertz CT molecular complexity index is 1100. The SMILES string of the molecule is CC/C=C\C/C=C\C/C=C\CCCCCCCCOCC(COC1OC(COC2OC(CO)C(O)C(O)C2O)C(O)C(O)C1O)OC(=O)CCCCCCCCCC. The van der Waals surface area contributed by atoms with E-state index < -0.39 is 80.7 Å². The monoisotopic (exact) mass is 831 g/mol. The van der Waals surface area contributed by atoms with Crippen LogP contribution in [0.2, 0.25) is 0 Å². The van der Waals surface area contributed by atoms with Gasteiger partial charge in [0.25, 0.3) is 0 Å². The van der Waals surface area contributed by atoms with Gasteiger partial charge in [-0.05, 0) is 44.9 Å². The van der Waals surface area contributed by atoms with Crippen LogP contribution in [0.4, 0.5) is 0 Å². The van der Waals surface area contributed by atoms with Crippen molar-refractivity contribution >= 4 is 5.97 Å². The first-order valence-corrected chi connectivity index (χ1v) is 22.1. The number of rotatable bonds is 33. The molecular formula is C44H78O14. The lowest BCUT2D eigenvalue weighted by atomic mass is 9.98. The van der Waals surface area contributed by atoms with Crippen molar-refractivity contribution in [1.29, 1.82) is 0 Å². The second-order valence-corrected chi connectivity index (χ2v) is 15.5. The molecule has 58 heavy (non-hydrogen) atoms. The van der Waals surface area contributed by atoms with Crippen LogP contribution in [0.5, 0.6) is 0 Å². The number of carbonyl (C=O) groups excluding carboxylic acids is 1. The average Bonchev–Trinajstić information content (AvgIpc) is 3.22. The van der Waals surface area contributed by atoms with Crippen LogP contribution >= 0.6 is 0 Å².